The largest absolute Gasteiger partial charge is 0.417 e. The molecule has 1 N–H and O–H groups in total. The summed E-state index contributed by atoms with van der Waals surface area (Å²) in [6, 6.07) is 11.8. The number of anilines is 1. The van der Waals surface area contributed by atoms with Crippen LogP contribution < -0.4 is 9.62 Å². The summed E-state index contributed by atoms with van der Waals surface area (Å²) >= 11 is 18.3. The molecule has 3 aromatic rings. The van der Waals surface area contributed by atoms with Crippen molar-refractivity contribution in [3.05, 3.63) is 92.4 Å². The Morgan fingerprint density at radius 2 is 1.60 bits per heavy atom. The van der Waals surface area contributed by atoms with Crippen molar-refractivity contribution in [3.8, 4) is 0 Å². The number of alkyl halides is 3. The normalized spacial score (nSPS) is 12.5. The fourth-order valence-electron chi connectivity index (χ4n) is 4.51. The highest BCUT2D eigenvalue weighted by molar-refractivity contribution is 7.92. The molecule has 3 rings (SSSR count). The maximum Gasteiger partial charge on any atom is 0.417 e. The SMILES string of the molecule is CCCCNC(=O)[C@@H](CC)N(Cc1ccc(Cl)cc1Cl)C(=O)CN(c1ccc(Cl)c(C(F)(F)F)c1)S(=O)(=O)c1ccc(C)cc1. The number of nitrogens with zero attached hydrogens (tertiary/aromatic N) is 2. The summed E-state index contributed by atoms with van der Waals surface area (Å²) in [4.78, 5) is 28.4. The van der Waals surface area contributed by atoms with Crippen LogP contribution in [0.5, 0.6) is 0 Å². The highest BCUT2D eigenvalue weighted by Crippen LogP contribution is 2.38. The molecule has 0 aliphatic heterocycles. The van der Waals surface area contributed by atoms with Crippen LogP contribution in [-0.2, 0) is 32.3 Å². The predicted octanol–water partition coefficient (Wildman–Crippen LogP) is 7.89. The first-order valence-corrected chi connectivity index (χ1v) is 16.6. The smallest absolute Gasteiger partial charge is 0.354 e. The van der Waals surface area contributed by atoms with Gasteiger partial charge in [-0.2, -0.15) is 13.2 Å². The van der Waals surface area contributed by atoms with Crippen molar-refractivity contribution in [1.29, 1.82) is 0 Å². The summed E-state index contributed by atoms with van der Waals surface area (Å²) in [6.45, 7) is 4.59. The minimum absolute atomic E-state index is 0.152. The highest BCUT2D eigenvalue weighted by Gasteiger charge is 2.37. The first-order valence-electron chi connectivity index (χ1n) is 14.1. The minimum Gasteiger partial charge on any atom is -0.354 e. The molecule has 2 amide bonds. The summed E-state index contributed by atoms with van der Waals surface area (Å²) < 4.78 is 70.0. The van der Waals surface area contributed by atoms with Crippen LogP contribution in [0.3, 0.4) is 0 Å². The predicted molar refractivity (Wildman–Crippen MR) is 171 cm³/mol. The number of halogens is 6. The number of nitrogens with one attached hydrogen (secondary N) is 1. The van der Waals surface area contributed by atoms with Gasteiger partial charge in [-0.25, -0.2) is 8.42 Å². The fraction of sp³-hybridized carbons (Fsp3) is 0.355. The number of aryl methyl sites for hydroxylation is 1. The lowest BCUT2D eigenvalue weighted by molar-refractivity contribution is -0.140. The number of sulfonamides is 1. The van der Waals surface area contributed by atoms with Crippen LogP contribution in [0.15, 0.2) is 65.6 Å². The average molecular weight is 707 g/mol. The van der Waals surface area contributed by atoms with Crippen molar-refractivity contribution < 1.29 is 31.2 Å². The number of carbonyl (C=O) groups is 2. The van der Waals surface area contributed by atoms with Crippen molar-refractivity contribution in [2.24, 2.45) is 0 Å². The van der Waals surface area contributed by atoms with E-state index >= 15 is 0 Å². The van der Waals surface area contributed by atoms with Gasteiger partial charge in [0.2, 0.25) is 11.8 Å². The number of benzene rings is 3. The van der Waals surface area contributed by atoms with E-state index in [1.54, 1.807) is 26.0 Å². The zero-order valence-corrected chi connectivity index (χ0v) is 27.9. The van der Waals surface area contributed by atoms with Gasteiger partial charge in [-0.3, -0.25) is 13.9 Å². The third-order valence-corrected chi connectivity index (χ3v) is 9.71. The molecule has 0 radical (unpaired) electrons. The van der Waals surface area contributed by atoms with Gasteiger partial charge in [0, 0.05) is 23.1 Å². The van der Waals surface area contributed by atoms with Gasteiger partial charge in [0.1, 0.15) is 12.6 Å². The molecular formula is C31H33Cl3F3N3O4S. The molecule has 7 nitrogen and oxygen atoms in total. The number of carbonyl (C=O) groups excluding carboxylic acids is 2. The Hall–Kier alpha value is -2.99. The third-order valence-electron chi connectivity index (χ3n) is 7.00. The van der Waals surface area contributed by atoms with Crippen molar-refractivity contribution in [3.63, 3.8) is 0 Å². The molecule has 0 fully saturated rings. The Bertz CT molecular complexity index is 1620. The molecule has 0 unspecified atom stereocenters. The summed E-state index contributed by atoms with van der Waals surface area (Å²) in [5.41, 5.74) is -0.545. The number of hydrogen-bond donors (Lipinski definition) is 1. The standard InChI is InChI=1S/C31H33Cl3F3N3O4S/c1-4-6-15-38-30(42)28(5-2)39(18-21-9-10-22(32)16-27(21)34)29(41)19-40(45(43,44)24-12-7-20(3)8-13-24)23-11-14-26(33)25(17-23)31(35,36)37/h7-14,16-17,28H,4-6,15,18-19H2,1-3H3,(H,38,42)/t28-/m1/s1. The zero-order valence-electron chi connectivity index (χ0n) is 24.8. The number of unbranched alkanes of at least 4 members (excludes halogenated alkanes) is 1. The van der Waals surface area contributed by atoms with Gasteiger partial charge in [0.25, 0.3) is 10.0 Å². The molecule has 45 heavy (non-hydrogen) atoms. The topological polar surface area (TPSA) is 86.8 Å². The van der Waals surface area contributed by atoms with Crippen molar-refractivity contribution in [2.75, 3.05) is 17.4 Å². The fourth-order valence-corrected chi connectivity index (χ4v) is 6.61. The molecule has 1 atom stereocenters. The van der Waals surface area contributed by atoms with Crippen LogP contribution in [0, 0.1) is 6.92 Å². The molecule has 3 aromatic carbocycles. The van der Waals surface area contributed by atoms with Crippen LogP contribution in [0.25, 0.3) is 0 Å². The van der Waals surface area contributed by atoms with Crippen LogP contribution in [0.1, 0.15) is 49.8 Å². The Labute approximate surface area is 276 Å². The third kappa shape index (κ3) is 9.28. The first-order chi connectivity index (χ1) is 21.1. The zero-order chi connectivity index (χ0) is 33.5. The molecular weight excluding hydrogens is 674 g/mol. The number of hydrogen-bond acceptors (Lipinski definition) is 4. The maximum absolute atomic E-state index is 14.1. The first kappa shape index (κ1) is 36.5. The molecule has 244 valence electrons. The van der Waals surface area contributed by atoms with Crippen molar-refractivity contribution in [2.45, 2.75) is 63.7 Å². The molecule has 0 aliphatic rings. The van der Waals surface area contributed by atoms with E-state index in [2.05, 4.69) is 5.32 Å². The van der Waals surface area contributed by atoms with Gasteiger partial charge in [0.05, 0.1) is 21.2 Å². The lowest BCUT2D eigenvalue weighted by atomic mass is 10.1. The average Bonchev–Trinajstić information content (AvgIpc) is 2.97. The Morgan fingerprint density at radius 3 is 2.18 bits per heavy atom. The van der Waals surface area contributed by atoms with E-state index in [0.29, 0.717) is 33.9 Å². The van der Waals surface area contributed by atoms with Crippen LogP contribution in [0.2, 0.25) is 15.1 Å². The molecule has 0 heterocycles. The van der Waals surface area contributed by atoms with E-state index < -0.39 is 56.9 Å². The van der Waals surface area contributed by atoms with E-state index in [9.17, 15) is 31.2 Å². The second kappa shape index (κ2) is 15.5. The van der Waals surface area contributed by atoms with Gasteiger partial charge in [-0.05, 0) is 67.8 Å². The Morgan fingerprint density at radius 1 is 0.933 bits per heavy atom. The van der Waals surface area contributed by atoms with Crippen molar-refractivity contribution in [1.82, 2.24) is 10.2 Å². The monoisotopic (exact) mass is 705 g/mol. The minimum atomic E-state index is -4.91. The van der Waals surface area contributed by atoms with Gasteiger partial charge in [-0.1, -0.05) is 78.8 Å². The van der Waals surface area contributed by atoms with E-state index in [-0.39, 0.29) is 22.9 Å². The summed E-state index contributed by atoms with van der Waals surface area (Å²) in [5.74, 6) is -1.32. The van der Waals surface area contributed by atoms with E-state index in [1.165, 1.54) is 35.2 Å². The molecule has 14 heteroatoms. The van der Waals surface area contributed by atoms with E-state index in [0.717, 1.165) is 24.1 Å². The molecule has 0 bridgehead atoms. The highest BCUT2D eigenvalue weighted by atomic mass is 35.5. The maximum atomic E-state index is 14.1. The molecule has 0 aliphatic carbocycles. The van der Waals surface area contributed by atoms with Gasteiger partial charge >= 0.3 is 6.18 Å². The Kier molecular flexibility index (Phi) is 12.6. The molecule has 0 spiro atoms. The van der Waals surface area contributed by atoms with Gasteiger partial charge < -0.3 is 10.2 Å². The Balaban J connectivity index is 2.15. The molecule has 0 aromatic heterocycles. The van der Waals surface area contributed by atoms with Crippen LogP contribution in [-0.4, -0.2) is 44.3 Å². The van der Waals surface area contributed by atoms with E-state index in [4.69, 9.17) is 34.8 Å². The second-order valence-electron chi connectivity index (χ2n) is 10.3. The second-order valence-corrected chi connectivity index (χ2v) is 13.4. The van der Waals surface area contributed by atoms with E-state index in [1.807, 2.05) is 6.92 Å². The number of rotatable bonds is 13. The van der Waals surface area contributed by atoms with Gasteiger partial charge in [-0.15, -0.1) is 0 Å². The molecule has 0 saturated heterocycles. The van der Waals surface area contributed by atoms with Crippen LogP contribution >= 0.6 is 34.8 Å². The lowest BCUT2D eigenvalue weighted by Crippen LogP contribution is -2.52. The van der Waals surface area contributed by atoms with Gasteiger partial charge in [0.15, 0.2) is 0 Å². The van der Waals surface area contributed by atoms with Crippen LogP contribution in [0.4, 0.5) is 18.9 Å². The quantitative estimate of drug-likeness (QED) is 0.183. The summed E-state index contributed by atoms with van der Waals surface area (Å²) in [6.07, 6.45) is -3.25. The lowest BCUT2D eigenvalue weighted by Gasteiger charge is -2.33. The van der Waals surface area contributed by atoms with Crippen molar-refractivity contribution >= 4 is 62.3 Å². The summed E-state index contributed by atoms with van der Waals surface area (Å²) in [7, 11) is -4.60. The molecule has 0 saturated carbocycles. The summed E-state index contributed by atoms with van der Waals surface area (Å²) in [5, 5.41) is 2.70. The number of amides is 2.